The molecule has 3 N–H and O–H groups in total. The van der Waals surface area contributed by atoms with Crippen LogP contribution < -0.4 is 5.73 Å². The first-order valence-electron chi connectivity index (χ1n) is 5.59. The number of benzene rings is 1. The van der Waals surface area contributed by atoms with Gasteiger partial charge in [0.2, 0.25) is 0 Å². The molecule has 3 rings (SSSR count). The van der Waals surface area contributed by atoms with Crippen LogP contribution in [0.3, 0.4) is 0 Å². The van der Waals surface area contributed by atoms with Crippen LogP contribution in [0.1, 0.15) is 11.3 Å². The smallest absolute Gasteiger partial charge is 0.157 e. The molecule has 2 heterocycles. The van der Waals surface area contributed by atoms with Crippen LogP contribution in [0.5, 0.6) is 5.75 Å². The van der Waals surface area contributed by atoms with Gasteiger partial charge >= 0.3 is 0 Å². The molecule has 0 radical (unpaired) electrons. The van der Waals surface area contributed by atoms with Gasteiger partial charge in [-0.2, -0.15) is 9.61 Å². The molecule has 5 heteroatoms. The Bertz CT molecular complexity index is 705. The van der Waals surface area contributed by atoms with Crippen molar-refractivity contribution in [2.24, 2.45) is 0 Å². The first-order valence-corrected chi connectivity index (χ1v) is 5.59. The van der Waals surface area contributed by atoms with Crippen molar-refractivity contribution in [2.45, 2.75) is 6.42 Å². The molecular formula is C13H12N4O. The van der Waals surface area contributed by atoms with E-state index in [0.717, 1.165) is 16.9 Å². The maximum absolute atomic E-state index is 9.42. The third kappa shape index (κ3) is 1.86. The minimum Gasteiger partial charge on any atom is -0.508 e. The molecule has 0 amide bonds. The standard InChI is InChI=1S/C13H12N4O/c14-12-4-5-15-13-8-10(16-17(12)13)6-9-2-1-3-11(18)7-9/h1-5,7-8,18H,6,14H2. The Morgan fingerprint density at radius 1 is 1.22 bits per heavy atom. The fraction of sp³-hybridized carbons (Fsp3) is 0.0769. The van der Waals surface area contributed by atoms with Crippen molar-refractivity contribution in [3.05, 3.63) is 53.9 Å². The quantitative estimate of drug-likeness (QED) is 0.713. The summed E-state index contributed by atoms with van der Waals surface area (Å²) in [5.41, 5.74) is 8.40. The fourth-order valence-corrected chi connectivity index (χ4v) is 1.92. The van der Waals surface area contributed by atoms with Gasteiger partial charge in [-0.05, 0) is 23.8 Å². The topological polar surface area (TPSA) is 76.4 Å². The molecule has 1 aromatic carbocycles. The Morgan fingerprint density at radius 2 is 2.11 bits per heavy atom. The van der Waals surface area contributed by atoms with Crippen molar-refractivity contribution in [2.75, 3.05) is 5.73 Å². The van der Waals surface area contributed by atoms with Crippen LogP contribution >= 0.6 is 0 Å². The van der Waals surface area contributed by atoms with Gasteiger partial charge in [-0.15, -0.1) is 0 Å². The molecule has 0 spiro atoms. The highest BCUT2D eigenvalue weighted by atomic mass is 16.3. The summed E-state index contributed by atoms with van der Waals surface area (Å²) in [7, 11) is 0. The number of nitrogens with zero attached hydrogens (tertiary/aromatic N) is 3. The van der Waals surface area contributed by atoms with E-state index >= 15 is 0 Å². The summed E-state index contributed by atoms with van der Waals surface area (Å²) in [6, 6.07) is 10.7. The third-order valence-electron chi connectivity index (χ3n) is 2.73. The molecule has 0 saturated carbocycles. The van der Waals surface area contributed by atoms with Crippen LogP contribution in [0, 0.1) is 0 Å². The number of hydrogen-bond donors (Lipinski definition) is 2. The molecule has 0 unspecified atom stereocenters. The number of aromatic hydroxyl groups is 1. The molecule has 0 fully saturated rings. The minimum absolute atomic E-state index is 0.258. The van der Waals surface area contributed by atoms with Crippen molar-refractivity contribution in [3.63, 3.8) is 0 Å². The van der Waals surface area contributed by atoms with Crippen LogP contribution in [-0.4, -0.2) is 19.7 Å². The normalized spacial score (nSPS) is 10.9. The molecule has 0 saturated heterocycles. The van der Waals surface area contributed by atoms with Crippen LogP contribution in [0.15, 0.2) is 42.6 Å². The molecule has 90 valence electrons. The number of aromatic nitrogens is 3. The summed E-state index contributed by atoms with van der Waals surface area (Å²) >= 11 is 0. The van der Waals surface area contributed by atoms with Gasteiger partial charge in [-0.25, -0.2) is 4.98 Å². The van der Waals surface area contributed by atoms with Gasteiger partial charge in [0.1, 0.15) is 11.6 Å². The molecule has 0 aliphatic rings. The highest BCUT2D eigenvalue weighted by Crippen LogP contribution is 2.16. The number of nitrogens with two attached hydrogens (primary N) is 1. The average molecular weight is 240 g/mol. The predicted molar refractivity (Wildman–Crippen MR) is 68.3 cm³/mol. The summed E-state index contributed by atoms with van der Waals surface area (Å²) < 4.78 is 1.61. The van der Waals surface area contributed by atoms with Crippen molar-refractivity contribution in [3.8, 4) is 5.75 Å². The van der Waals surface area contributed by atoms with E-state index in [9.17, 15) is 5.11 Å². The van der Waals surface area contributed by atoms with Crippen molar-refractivity contribution in [1.82, 2.24) is 14.6 Å². The second-order valence-electron chi connectivity index (χ2n) is 4.12. The number of phenolic OH excluding ortho intramolecular Hbond substituents is 1. The summed E-state index contributed by atoms with van der Waals surface area (Å²) in [4.78, 5) is 4.19. The van der Waals surface area contributed by atoms with E-state index in [-0.39, 0.29) is 5.75 Å². The second-order valence-corrected chi connectivity index (χ2v) is 4.12. The van der Waals surface area contributed by atoms with Crippen molar-refractivity contribution in [1.29, 1.82) is 0 Å². The van der Waals surface area contributed by atoms with E-state index in [0.29, 0.717) is 12.2 Å². The zero-order valence-electron chi connectivity index (χ0n) is 9.61. The SMILES string of the molecule is Nc1ccnc2cc(Cc3cccc(O)c3)nn12. The van der Waals surface area contributed by atoms with E-state index in [4.69, 9.17) is 5.73 Å². The van der Waals surface area contributed by atoms with Gasteiger partial charge in [0.05, 0.1) is 5.69 Å². The van der Waals surface area contributed by atoms with Crippen molar-refractivity contribution >= 4 is 11.5 Å². The van der Waals surface area contributed by atoms with Gasteiger partial charge in [0, 0.05) is 18.7 Å². The lowest BCUT2D eigenvalue weighted by molar-refractivity contribution is 0.474. The van der Waals surface area contributed by atoms with Gasteiger partial charge in [0.25, 0.3) is 0 Å². The lowest BCUT2D eigenvalue weighted by Crippen LogP contribution is -1.99. The zero-order valence-corrected chi connectivity index (χ0v) is 9.61. The maximum Gasteiger partial charge on any atom is 0.157 e. The molecule has 0 aliphatic carbocycles. The number of nitrogen functional groups attached to an aromatic ring is 1. The highest BCUT2D eigenvalue weighted by Gasteiger charge is 2.05. The fourth-order valence-electron chi connectivity index (χ4n) is 1.92. The number of fused-ring (bicyclic) bond motifs is 1. The Kier molecular flexibility index (Phi) is 2.37. The molecule has 18 heavy (non-hydrogen) atoms. The van der Waals surface area contributed by atoms with Gasteiger partial charge in [-0.3, -0.25) is 0 Å². The van der Waals surface area contributed by atoms with Gasteiger partial charge in [-0.1, -0.05) is 12.1 Å². The second kappa shape index (κ2) is 4.03. The summed E-state index contributed by atoms with van der Waals surface area (Å²) in [5.74, 6) is 0.816. The first kappa shape index (κ1) is 10.6. The predicted octanol–water partition coefficient (Wildman–Crippen LogP) is 1.61. The van der Waals surface area contributed by atoms with Crippen LogP contribution in [0.2, 0.25) is 0 Å². The number of anilines is 1. The molecule has 2 aromatic heterocycles. The van der Waals surface area contributed by atoms with E-state index in [1.54, 1.807) is 28.9 Å². The van der Waals surface area contributed by atoms with Gasteiger partial charge < -0.3 is 10.8 Å². The van der Waals surface area contributed by atoms with E-state index in [1.165, 1.54) is 0 Å². The van der Waals surface area contributed by atoms with E-state index in [2.05, 4.69) is 10.1 Å². The van der Waals surface area contributed by atoms with Crippen LogP contribution in [0.25, 0.3) is 5.65 Å². The lowest BCUT2D eigenvalue weighted by atomic mass is 10.1. The highest BCUT2D eigenvalue weighted by molar-refractivity contribution is 5.47. The largest absolute Gasteiger partial charge is 0.508 e. The maximum atomic E-state index is 9.42. The Balaban J connectivity index is 1.98. The van der Waals surface area contributed by atoms with Gasteiger partial charge in [0.15, 0.2) is 5.65 Å². The lowest BCUT2D eigenvalue weighted by Gasteiger charge is -1.98. The Morgan fingerprint density at radius 3 is 2.89 bits per heavy atom. The molecular weight excluding hydrogens is 228 g/mol. The Hall–Kier alpha value is -2.56. The third-order valence-corrected chi connectivity index (χ3v) is 2.73. The summed E-state index contributed by atoms with van der Waals surface area (Å²) in [5, 5.41) is 13.8. The monoisotopic (exact) mass is 240 g/mol. The molecule has 0 bridgehead atoms. The summed E-state index contributed by atoms with van der Waals surface area (Å²) in [6.07, 6.45) is 2.29. The molecule has 5 nitrogen and oxygen atoms in total. The van der Waals surface area contributed by atoms with Crippen molar-refractivity contribution < 1.29 is 5.11 Å². The molecule has 0 aliphatic heterocycles. The minimum atomic E-state index is 0.258. The average Bonchev–Trinajstić information content (AvgIpc) is 2.73. The Labute approximate surface area is 104 Å². The zero-order chi connectivity index (χ0) is 12.5. The number of rotatable bonds is 2. The molecule has 3 aromatic rings. The molecule has 0 atom stereocenters. The summed E-state index contributed by atoms with van der Waals surface area (Å²) in [6.45, 7) is 0. The first-order chi connectivity index (χ1) is 8.72. The number of phenols is 1. The van der Waals surface area contributed by atoms with Crippen LogP contribution in [0.4, 0.5) is 5.82 Å². The van der Waals surface area contributed by atoms with E-state index in [1.807, 2.05) is 18.2 Å². The number of hydrogen-bond acceptors (Lipinski definition) is 4. The van der Waals surface area contributed by atoms with Crippen LogP contribution in [-0.2, 0) is 6.42 Å². The van der Waals surface area contributed by atoms with E-state index < -0.39 is 0 Å².